The van der Waals surface area contributed by atoms with E-state index in [0.29, 0.717) is 24.5 Å². The molecule has 0 saturated heterocycles. The number of ether oxygens (including phenoxy) is 1. The van der Waals surface area contributed by atoms with Crippen LogP contribution < -0.4 is 0 Å². The average Bonchev–Trinajstić information content (AvgIpc) is 2.18. The maximum atomic E-state index is 11.4. The van der Waals surface area contributed by atoms with E-state index in [2.05, 4.69) is 4.98 Å². The number of halogens is 1. The molecule has 0 spiro atoms. The zero-order valence-electron chi connectivity index (χ0n) is 8.00. The standard InChI is InChI=1S/C10H12ClNO2/c1-8-5-9(7-12-6-8)10(13)14-4-2-3-11/h5-7H,2-4H2,1H3. The van der Waals surface area contributed by atoms with Crippen LogP contribution in [0.3, 0.4) is 0 Å². The Morgan fingerprint density at radius 1 is 1.57 bits per heavy atom. The highest BCUT2D eigenvalue weighted by molar-refractivity contribution is 6.17. The first-order valence-electron chi connectivity index (χ1n) is 4.39. The lowest BCUT2D eigenvalue weighted by molar-refractivity contribution is 0.0505. The van der Waals surface area contributed by atoms with Gasteiger partial charge in [-0.3, -0.25) is 4.98 Å². The van der Waals surface area contributed by atoms with Gasteiger partial charge in [0.15, 0.2) is 0 Å². The van der Waals surface area contributed by atoms with E-state index in [0.717, 1.165) is 5.56 Å². The first-order chi connectivity index (χ1) is 6.74. The highest BCUT2D eigenvalue weighted by Crippen LogP contribution is 2.03. The molecule has 0 aromatic carbocycles. The van der Waals surface area contributed by atoms with Crippen LogP contribution >= 0.6 is 11.6 Å². The van der Waals surface area contributed by atoms with Crippen molar-refractivity contribution in [1.29, 1.82) is 0 Å². The van der Waals surface area contributed by atoms with Crippen molar-refractivity contribution in [3.63, 3.8) is 0 Å². The Balaban J connectivity index is 2.52. The molecular weight excluding hydrogens is 202 g/mol. The van der Waals surface area contributed by atoms with Gasteiger partial charge in [0.25, 0.3) is 0 Å². The Morgan fingerprint density at radius 3 is 3.00 bits per heavy atom. The largest absolute Gasteiger partial charge is 0.462 e. The van der Waals surface area contributed by atoms with Gasteiger partial charge in [0.2, 0.25) is 0 Å². The Hall–Kier alpha value is -1.09. The monoisotopic (exact) mass is 213 g/mol. The summed E-state index contributed by atoms with van der Waals surface area (Å²) >= 11 is 5.45. The number of hydrogen-bond donors (Lipinski definition) is 0. The van der Waals surface area contributed by atoms with Crippen molar-refractivity contribution in [2.75, 3.05) is 12.5 Å². The molecule has 0 unspecified atom stereocenters. The predicted octanol–water partition coefficient (Wildman–Crippen LogP) is 2.18. The smallest absolute Gasteiger partial charge is 0.339 e. The lowest BCUT2D eigenvalue weighted by Crippen LogP contribution is -2.07. The number of pyridine rings is 1. The summed E-state index contributed by atoms with van der Waals surface area (Å²) in [6.07, 6.45) is 3.86. The van der Waals surface area contributed by atoms with E-state index < -0.39 is 0 Å². The van der Waals surface area contributed by atoms with Crippen molar-refractivity contribution in [3.8, 4) is 0 Å². The Morgan fingerprint density at radius 2 is 2.36 bits per heavy atom. The van der Waals surface area contributed by atoms with Gasteiger partial charge in [-0.05, 0) is 25.0 Å². The molecule has 0 aliphatic carbocycles. The van der Waals surface area contributed by atoms with Gasteiger partial charge in [-0.25, -0.2) is 4.79 Å². The highest BCUT2D eigenvalue weighted by Gasteiger charge is 2.06. The lowest BCUT2D eigenvalue weighted by atomic mass is 10.2. The van der Waals surface area contributed by atoms with Crippen LogP contribution in [0.1, 0.15) is 22.3 Å². The Labute approximate surface area is 88.1 Å². The van der Waals surface area contributed by atoms with Crippen LogP contribution in [0.25, 0.3) is 0 Å². The molecule has 1 rings (SSSR count). The van der Waals surface area contributed by atoms with E-state index in [1.807, 2.05) is 6.92 Å². The summed E-state index contributed by atoms with van der Waals surface area (Å²) in [5.74, 6) is 0.158. The molecular formula is C10H12ClNO2. The summed E-state index contributed by atoms with van der Waals surface area (Å²) in [4.78, 5) is 15.3. The number of aromatic nitrogens is 1. The molecule has 0 atom stereocenters. The summed E-state index contributed by atoms with van der Waals surface area (Å²) < 4.78 is 4.96. The average molecular weight is 214 g/mol. The van der Waals surface area contributed by atoms with Gasteiger partial charge < -0.3 is 4.74 Å². The van der Waals surface area contributed by atoms with Crippen molar-refractivity contribution in [3.05, 3.63) is 29.6 Å². The maximum Gasteiger partial charge on any atom is 0.339 e. The predicted molar refractivity (Wildman–Crippen MR) is 54.6 cm³/mol. The minimum absolute atomic E-state index is 0.341. The summed E-state index contributed by atoms with van der Waals surface area (Å²) in [6, 6.07) is 1.75. The molecule has 0 radical (unpaired) electrons. The zero-order valence-corrected chi connectivity index (χ0v) is 8.75. The fourth-order valence-corrected chi connectivity index (χ4v) is 1.08. The van der Waals surface area contributed by atoms with Gasteiger partial charge in [0.1, 0.15) is 0 Å². The molecule has 4 heteroatoms. The van der Waals surface area contributed by atoms with Crippen LogP contribution in [0.15, 0.2) is 18.5 Å². The quantitative estimate of drug-likeness (QED) is 0.437. The molecule has 1 aromatic rings. The molecule has 0 aliphatic heterocycles. The van der Waals surface area contributed by atoms with Gasteiger partial charge in [-0.1, -0.05) is 0 Å². The SMILES string of the molecule is Cc1cncc(C(=O)OCCCCl)c1. The first kappa shape index (κ1) is 11.0. The van der Waals surface area contributed by atoms with Gasteiger partial charge in [0.05, 0.1) is 12.2 Å². The fraction of sp³-hybridized carbons (Fsp3) is 0.400. The number of hydrogen-bond acceptors (Lipinski definition) is 3. The second kappa shape index (κ2) is 5.60. The number of esters is 1. The summed E-state index contributed by atoms with van der Waals surface area (Å²) in [6.45, 7) is 2.23. The van der Waals surface area contributed by atoms with Crippen molar-refractivity contribution in [2.24, 2.45) is 0 Å². The number of alkyl halides is 1. The van der Waals surface area contributed by atoms with E-state index >= 15 is 0 Å². The topological polar surface area (TPSA) is 39.2 Å². The number of aryl methyl sites for hydroxylation is 1. The molecule has 0 N–H and O–H groups in total. The minimum Gasteiger partial charge on any atom is -0.462 e. The van der Waals surface area contributed by atoms with Crippen molar-refractivity contribution in [1.82, 2.24) is 4.98 Å². The molecule has 1 heterocycles. The first-order valence-corrected chi connectivity index (χ1v) is 4.92. The maximum absolute atomic E-state index is 11.4. The number of carbonyl (C=O) groups is 1. The molecule has 3 nitrogen and oxygen atoms in total. The third-order valence-electron chi connectivity index (χ3n) is 1.62. The number of carbonyl (C=O) groups excluding carboxylic acids is 1. The van der Waals surface area contributed by atoms with Crippen LogP contribution in [0, 0.1) is 6.92 Å². The minimum atomic E-state index is -0.341. The van der Waals surface area contributed by atoms with E-state index in [9.17, 15) is 4.79 Å². The highest BCUT2D eigenvalue weighted by atomic mass is 35.5. The fourth-order valence-electron chi connectivity index (χ4n) is 0.969. The van der Waals surface area contributed by atoms with Gasteiger partial charge in [-0.15, -0.1) is 11.6 Å². The molecule has 0 saturated carbocycles. The second-order valence-corrected chi connectivity index (χ2v) is 3.31. The number of rotatable bonds is 4. The summed E-state index contributed by atoms with van der Waals surface area (Å²) in [5, 5.41) is 0. The number of nitrogens with zero attached hydrogens (tertiary/aromatic N) is 1. The van der Waals surface area contributed by atoms with Crippen LogP contribution in [0.4, 0.5) is 0 Å². The van der Waals surface area contributed by atoms with Gasteiger partial charge in [-0.2, -0.15) is 0 Å². The zero-order chi connectivity index (χ0) is 10.4. The third kappa shape index (κ3) is 3.34. The Kier molecular flexibility index (Phi) is 4.40. The van der Waals surface area contributed by atoms with Crippen LogP contribution in [-0.4, -0.2) is 23.4 Å². The van der Waals surface area contributed by atoms with E-state index in [4.69, 9.17) is 16.3 Å². The third-order valence-corrected chi connectivity index (χ3v) is 1.89. The van der Waals surface area contributed by atoms with E-state index in [-0.39, 0.29) is 5.97 Å². The van der Waals surface area contributed by atoms with Crippen LogP contribution in [0.2, 0.25) is 0 Å². The second-order valence-electron chi connectivity index (χ2n) is 2.93. The molecule has 1 aromatic heterocycles. The van der Waals surface area contributed by atoms with E-state index in [1.54, 1.807) is 12.3 Å². The summed E-state index contributed by atoms with van der Waals surface area (Å²) in [5.41, 5.74) is 1.43. The molecule has 76 valence electrons. The lowest BCUT2D eigenvalue weighted by Gasteiger charge is -2.03. The summed E-state index contributed by atoms with van der Waals surface area (Å²) in [7, 11) is 0. The van der Waals surface area contributed by atoms with Crippen molar-refractivity contribution < 1.29 is 9.53 Å². The molecule has 14 heavy (non-hydrogen) atoms. The normalized spacial score (nSPS) is 9.86. The van der Waals surface area contributed by atoms with Crippen molar-refractivity contribution >= 4 is 17.6 Å². The van der Waals surface area contributed by atoms with Gasteiger partial charge in [0, 0.05) is 18.3 Å². The van der Waals surface area contributed by atoms with Gasteiger partial charge >= 0.3 is 5.97 Å². The molecule has 0 fully saturated rings. The molecule has 0 aliphatic rings. The molecule has 0 bridgehead atoms. The van der Waals surface area contributed by atoms with Crippen molar-refractivity contribution in [2.45, 2.75) is 13.3 Å². The Bertz CT molecular complexity index is 315. The van der Waals surface area contributed by atoms with Crippen LogP contribution in [-0.2, 0) is 4.74 Å². The molecule has 0 amide bonds. The van der Waals surface area contributed by atoms with Crippen LogP contribution in [0.5, 0.6) is 0 Å². The van der Waals surface area contributed by atoms with E-state index in [1.165, 1.54) is 6.20 Å².